The number of nitrogens with one attached hydrogen (secondary N) is 3. The van der Waals surface area contributed by atoms with Gasteiger partial charge in [0.15, 0.2) is 0 Å². The average Bonchev–Trinajstić information content (AvgIpc) is 3.21. The number of aliphatic imine (C=N–C) groups is 2. The zero-order chi connectivity index (χ0) is 27.2. The second-order valence-electron chi connectivity index (χ2n) is 7.44. The number of benzene rings is 1. The summed E-state index contributed by atoms with van der Waals surface area (Å²) >= 11 is 0. The molecule has 0 radical (unpaired) electrons. The molecule has 2 aromatic rings. The number of carbonyl (C=O) groups excluding carboxylic acids is 1. The minimum Gasteiger partial charge on any atom is -0.475 e. The highest BCUT2D eigenvalue weighted by Crippen LogP contribution is 2.16. The van der Waals surface area contributed by atoms with Crippen molar-refractivity contribution in [3.05, 3.63) is 47.7 Å². The van der Waals surface area contributed by atoms with Crippen LogP contribution in [0.15, 0.2) is 46.5 Å². The first-order valence-electron chi connectivity index (χ1n) is 9.70. The maximum absolute atomic E-state index is 12.1. The summed E-state index contributed by atoms with van der Waals surface area (Å²) in [5.74, 6) is -1.81. The van der Waals surface area contributed by atoms with E-state index in [0.717, 1.165) is 11.3 Å². The SMILES string of the molecule is CN=C(N)c1cc[nH]c1N=CNc1ccc(C(=O)NC(C)(C)C)cc1.F.FCF.O=C(O)C(F)(F)F. The van der Waals surface area contributed by atoms with Gasteiger partial charge >= 0.3 is 12.1 Å². The van der Waals surface area contributed by atoms with Crippen LogP contribution in [-0.2, 0) is 4.79 Å². The normalized spacial score (nSPS) is 11.3. The third-order valence-corrected chi connectivity index (χ3v) is 3.55. The predicted octanol–water partition coefficient (Wildman–Crippen LogP) is 4.32. The van der Waals surface area contributed by atoms with Crippen LogP contribution in [0.1, 0.15) is 36.7 Å². The fraction of sp³-hybridized carbons (Fsp3) is 0.333. The Labute approximate surface area is 203 Å². The molecule has 36 heavy (non-hydrogen) atoms. The van der Waals surface area contributed by atoms with Crippen LogP contribution in [0.3, 0.4) is 0 Å². The highest BCUT2D eigenvalue weighted by molar-refractivity contribution is 6.01. The van der Waals surface area contributed by atoms with E-state index in [4.69, 9.17) is 15.6 Å². The summed E-state index contributed by atoms with van der Waals surface area (Å²) in [6.07, 6.45) is -1.77. The summed E-state index contributed by atoms with van der Waals surface area (Å²) in [6.45, 7) is 4.09. The van der Waals surface area contributed by atoms with E-state index in [2.05, 4.69) is 25.6 Å². The molecule has 9 nitrogen and oxygen atoms in total. The number of rotatable bonds is 5. The molecule has 6 N–H and O–H groups in total. The lowest BCUT2D eigenvalue weighted by Gasteiger charge is -2.20. The number of nitrogens with two attached hydrogens (primary N) is 1. The quantitative estimate of drug-likeness (QED) is 0.224. The van der Waals surface area contributed by atoms with Crippen molar-refractivity contribution in [2.75, 3.05) is 19.3 Å². The third-order valence-electron chi connectivity index (χ3n) is 3.55. The lowest BCUT2D eigenvalue weighted by Crippen LogP contribution is -2.40. The Balaban J connectivity index is 0. The molecule has 0 aliphatic carbocycles. The minimum absolute atomic E-state index is 0. The number of aromatic nitrogens is 1. The first kappa shape index (κ1) is 34.1. The van der Waals surface area contributed by atoms with Crippen LogP contribution >= 0.6 is 0 Å². The molecule has 0 fully saturated rings. The van der Waals surface area contributed by atoms with Gasteiger partial charge in [0.1, 0.15) is 11.7 Å². The molecule has 0 saturated carbocycles. The molecule has 1 aromatic carbocycles. The van der Waals surface area contributed by atoms with Crippen LogP contribution in [0, 0.1) is 0 Å². The Morgan fingerprint density at radius 3 is 2.03 bits per heavy atom. The van der Waals surface area contributed by atoms with Crippen LogP contribution < -0.4 is 16.4 Å². The molecule has 0 saturated heterocycles. The van der Waals surface area contributed by atoms with Gasteiger partial charge in [0, 0.05) is 30.0 Å². The summed E-state index contributed by atoms with van der Waals surface area (Å²) < 4.78 is 51.0. The number of amidine groups is 1. The molecule has 1 amide bonds. The van der Waals surface area contributed by atoms with Crippen molar-refractivity contribution >= 4 is 35.6 Å². The largest absolute Gasteiger partial charge is 0.490 e. The fourth-order valence-electron chi connectivity index (χ4n) is 2.10. The minimum atomic E-state index is -5.08. The van der Waals surface area contributed by atoms with Gasteiger partial charge in [-0.25, -0.2) is 18.6 Å². The van der Waals surface area contributed by atoms with Gasteiger partial charge in [0.2, 0.25) is 6.93 Å². The number of anilines is 1. The fourth-order valence-corrected chi connectivity index (χ4v) is 2.10. The number of hydrogen-bond donors (Lipinski definition) is 5. The summed E-state index contributed by atoms with van der Waals surface area (Å²) in [5.41, 5.74) is 7.72. The van der Waals surface area contributed by atoms with Gasteiger partial charge in [-0.2, -0.15) is 13.2 Å². The topological polar surface area (TPSA) is 145 Å². The number of carboxylic acid groups (broad SMARTS) is 1. The van der Waals surface area contributed by atoms with E-state index >= 15 is 0 Å². The summed E-state index contributed by atoms with van der Waals surface area (Å²) in [5, 5.41) is 13.1. The number of halogens is 6. The van der Waals surface area contributed by atoms with Crippen molar-refractivity contribution in [3.63, 3.8) is 0 Å². The first-order chi connectivity index (χ1) is 16.2. The van der Waals surface area contributed by atoms with Crippen LogP contribution in [0.5, 0.6) is 0 Å². The van der Waals surface area contributed by atoms with Gasteiger partial charge in [-0.05, 0) is 51.1 Å². The van der Waals surface area contributed by atoms with Gasteiger partial charge < -0.3 is 26.5 Å². The second-order valence-corrected chi connectivity index (χ2v) is 7.44. The maximum atomic E-state index is 12.1. The zero-order valence-electron chi connectivity index (χ0n) is 19.8. The molecule has 0 bridgehead atoms. The molecule has 0 unspecified atom stereocenters. The predicted molar refractivity (Wildman–Crippen MR) is 126 cm³/mol. The summed E-state index contributed by atoms with van der Waals surface area (Å²) in [7, 11) is 1.63. The molecule has 202 valence electrons. The number of carboxylic acids is 1. The highest BCUT2D eigenvalue weighted by atomic mass is 19.4. The maximum Gasteiger partial charge on any atom is 0.490 e. The molecule has 0 spiro atoms. The number of hydrogen-bond acceptors (Lipinski definition) is 4. The first-order valence-corrected chi connectivity index (χ1v) is 9.70. The van der Waals surface area contributed by atoms with Gasteiger partial charge in [-0.15, -0.1) is 0 Å². The number of amides is 1. The number of aromatic amines is 1. The number of nitrogens with zero attached hydrogens (tertiary/aromatic N) is 2. The summed E-state index contributed by atoms with van der Waals surface area (Å²) in [6, 6.07) is 8.98. The Kier molecular flexibility index (Phi) is 15.0. The van der Waals surface area contributed by atoms with Crippen molar-refractivity contribution in [1.29, 1.82) is 0 Å². The average molecular weight is 526 g/mol. The van der Waals surface area contributed by atoms with Gasteiger partial charge in [-0.1, -0.05) is 0 Å². The Morgan fingerprint density at radius 2 is 1.61 bits per heavy atom. The molecule has 0 aliphatic heterocycles. The van der Waals surface area contributed by atoms with E-state index in [-0.39, 0.29) is 16.2 Å². The van der Waals surface area contributed by atoms with Gasteiger partial charge in [0.25, 0.3) is 5.91 Å². The number of aliphatic carboxylic acids is 1. The highest BCUT2D eigenvalue weighted by Gasteiger charge is 2.38. The molecule has 0 atom stereocenters. The molecular formula is C21H28F6N6O3. The Bertz CT molecular complexity index is 999. The Hall–Kier alpha value is -4.04. The molecular weight excluding hydrogens is 498 g/mol. The summed E-state index contributed by atoms with van der Waals surface area (Å²) in [4.78, 5) is 32.2. The van der Waals surface area contributed by atoms with E-state index in [0.29, 0.717) is 17.2 Å². The number of H-pyrrole nitrogens is 1. The monoisotopic (exact) mass is 526 g/mol. The van der Waals surface area contributed by atoms with Gasteiger partial charge in [0.05, 0.1) is 11.9 Å². The van der Waals surface area contributed by atoms with Crippen molar-refractivity contribution < 1.29 is 41.4 Å². The van der Waals surface area contributed by atoms with Crippen LogP contribution in [0.2, 0.25) is 0 Å². The van der Waals surface area contributed by atoms with Crippen molar-refractivity contribution in [2.45, 2.75) is 32.5 Å². The molecule has 2 rings (SSSR count). The van der Waals surface area contributed by atoms with Gasteiger partial charge in [-0.3, -0.25) is 14.5 Å². The van der Waals surface area contributed by atoms with E-state index in [9.17, 15) is 26.7 Å². The van der Waals surface area contributed by atoms with Crippen LogP contribution in [0.4, 0.5) is 38.2 Å². The van der Waals surface area contributed by atoms with E-state index in [1.807, 2.05) is 39.0 Å². The number of carbonyl (C=O) groups is 2. The lowest BCUT2D eigenvalue weighted by molar-refractivity contribution is -0.192. The molecule has 15 heteroatoms. The standard InChI is InChI=1S/C18H24N6O.C2HF3O2.CH2F2.FH/c1-18(2,3)24-17(25)12-5-7-13(8-6-12)22-11-23-16-14(9-10-21-16)15(19)20-4;3-2(4,5)1(6)7;2-1-3;/h5-11,21H,1-4H3,(H2,19,20)(H,22,23)(H,24,25);(H,6,7);1H2;1H. The Morgan fingerprint density at radius 1 is 1.11 bits per heavy atom. The second kappa shape index (κ2) is 15.8. The number of alkyl halides is 5. The van der Waals surface area contributed by atoms with Crippen LogP contribution in [0.25, 0.3) is 0 Å². The van der Waals surface area contributed by atoms with E-state index < -0.39 is 19.1 Å². The van der Waals surface area contributed by atoms with E-state index in [1.165, 1.54) is 0 Å². The third kappa shape index (κ3) is 13.6. The van der Waals surface area contributed by atoms with E-state index in [1.54, 1.807) is 31.7 Å². The zero-order valence-corrected chi connectivity index (χ0v) is 19.8. The van der Waals surface area contributed by atoms with Crippen LogP contribution in [-0.4, -0.2) is 59.8 Å². The van der Waals surface area contributed by atoms with Crippen molar-refractivity contribution in [2.24, 2.45) is 15.7 Å². The van der Waals surface area contributed by atoms with Crippen molar-refractivity contribution in [1.82, 2.24) is 10.3 Å². The van der Waals surface area contributed by atoms with Crippen molar-refractivity contribution in [3.8, 4) is 0 Å². The smallest absolute Gasteiger partial charge is 0.475 e. The molecule has 1 heterocycles. The molecule has 0 aliphatic rings. The molecule has 1 aromatic heterocycles. The lowest BCUT2D eigenvalue weighted by atomic mass is 10.1.